The molecule has 0 unspecified atom stereocenters. The Balaban J connectivity index is 0.000000169. The van der Waals surface area contributed by atoms with Crippen LogP contribution in [0, 0.1) is 0 Å². The molecule has 18 heavy (non-hydrogen) atoms. The summed E-state index contributed by atoms with van der Waals surface area (Å²) in [6.07, 6.45) is 0. The molecular weight excluding hydrogens is 270 g/mol. The Labute approximate surface area is 113 Å². The smallest absolute Gasteiger partial charge is 0.352 e. The van der Waals surface area contributed by atoms with E-state index in [2.05, 4.69) is 4.98 Å². The summed E-state index contributed by atoms with van der Waals surface area (Å²) in [7, 11) is 0. The number of para-hydroxylation sites is 1. The first-order valence-corrected chi connectivity index (χ1v) is 6.42. The van der Waals surface area contributed by atoms with E-state index in [-0.39, 0.29) is 5.69 Å². The zero-order valence-electron chi connectivity index (χ0n) is 9.26. The minimum atomic E-state index is -0.925. The lowest BCUT2D eigenvalue weighted by atomic mass is 10.2. The van der Waals surface area contributed by atoms with Crippen LogP contribution < -0.4 is 0 Å². The number of halogens is 1. The summed E-state index contributed by atoms with van der Waals surface area (Å²) in [6.45, 7) is 0. The molecule has 3 aromatic rings. The molecule has 0 fully saturated rings. The van der Waals surface area contributed by atoms with Gasteiger partial charge < -0.3 is 10.1 Å². The number of carboxylic acids is 1. The molecule has 0 amide bonds. The van der Waals surface area contributed by atoms with Gasteiger partial charge in [0.1, 0.15) is 5.69 Å². The molecule has 2 aromatic heterocycles. The second-order valence-electron chi connectivity index (χ2n) is 3.49. The lowest BCUT2D eigenvalue weighted by molar-refractivity contribution is 0.0691. The van der Waals surface area contributed by atoms with Crippen molar-refractivity contribution >= 4 is 39.8 Å². The molecule has 3 rings (SSSR count). The van der Waals surface area contributed by atoms with Crippen LogP contribution in [0.4, 0.5) is 0 Å². The summed E-state index contributed by atoms with van der Waals surface area (Å²) in [6, 6.07) is 12.9. The highest BCUT2D eigenvalue weighted by atomic mass is 35.5. The van der Waals surface area contributed by atoms with Gasteiger partial charge in [0.2, 0.25) is 0 Å². The van der Waals surface area contributed by atoms with E-state index in [1.807, 2.05) is 41.8 Å². The fourth-order valence-corrected chi connectivity index (χ4v) is 2.12. The number of H-pyrrole nitrogens is 1. The summed E-state index contributed by atoms with van der Waals surface area (Å²) in [5.74, 6) is -0.925. The van der Waals surface area contributed by atoms with Crippen molar-refractivity contribution in [1.29, 1.82) is 0 Å². The van der Waals surface area contributed by atoms with Crippen molar-refractivity contribution in [3.8, 4) is 0 Å². The lowest BCUT2D eigenvalue weighted by Gasteiger charge is -1.84. The maximum absolute atomic E-state index is 10.5. The van der Waals surface area contributed by atoms with Crippen LogP contribution in [0.15, 0.2) is 47.8 Å². The Hall–Kier alpha value is -1.78. The normalized spacial score (nSPS) is 9.83. The molecular formula is C13H10ClNO2S. The van der Waals surface area contributed by atoms with Crippen LogP contribution in [0.2, 0.25) is 4.34 Å². The van der Waals surface area contributed by atoms with E-state index >= 15 is 0 Å². The first kappa shape index (κ1) is 12.7. The van der Waals surface area contributed by atoms with Gasteiger partial charge in [-0.15, -0.1) is 11.3 Å². The van der Waals surface area contributed by atoms with Gasteiger partial charge in [-0.1, -0.05) is 29.8 Å². The van der Waals surface area contributed by atoms with Gasteiger partial charge in [0.25, 0.3) is 0 Å². The van der Waals surface area contributed by atoms with Gasteiger partial charge in [-0.2, -0.15) is 0 Å². The van der Waals surface area contributed by atoms with Crippen molar-refractivity contribution in [1.82, 2.24) is 4.98 Å². The highest BCUT2D eigenvalue weighted by Crippen LogP contribution is 2.14. The van der Waals surface area contributed by atoms with Crippen LogP contribution in [-0.2, 0) is 0 Å². The quantitative estimate of drug-likeness (QED) is 0.699. The van der Waals surface area contributed by atoms with Gasteiger partial charge in [-0.05, 0) is 29.6 Å². The van der Waals surface area contributed by atoms with Crippen molar-refractivity contribution in [2.24, 2.45) is 0 Å². The molecule has 0 atom stereocenters. The highest BCUT2D eigenvalue weighted by Gasteiger charge is 2.05. The Morgan fingerprint density at radius 3 is 2.50 bits per heavy atom. The Kier molecular flexibility index (Phi) is 4.02. The number of thiophene rings is 1. The third-order valence-electron chi connectivity index (χ3n) is 2.25. The molecule has 0 aliphatic rings. The average molecular weight is 280 g/mol. The summed E-state index contributed by atoms with van der Waals surface area (Å²) in [4.78, 5) is 13.3. The number of aromatic nitrogens is 1. The number of nitrogens with one attached hydrogen (secondary N) is 1. The Bertz CT molecular complexity index is 613. The molecule has 0 radical (unpaired) electrons. The van der Waals surface area contributed by atoms with E-state index in [1.54, 1.807) is 17.4 Å². The van der Waals surface area contributed by atoms with Crippen molar-refractivity contribution in [3.63, 3.8) is 0 Å². The van der Waals surface area contributed by atoms with Crippen LogP contribution in [-0.4, -0.2) is 16.1 Å². The van der Waals surface area contributed by atoms with Crippen molar-refractivity contribution in [2.45, 2.75) is 0 Å². The molecule has 2 heterocycles. The Morgan fingerprint density at radius 2 is 2.00 bits per heavy atom. The van der Waals surface area contributed by atoms with Crippen LogP contribution in [0.5, 0.6) is 0 Å². The minimum absolute atomic E-state index is 0.233. The standard InChI is InChI=1S/C9H7NO2.C4H3ClS/c11-9(12)8-5-6-3-1-2-4-7(6)10-8;5-4-2-1-3-6-4/h1-5,10H,(H,11,12);1-3H. The maximum Gasteiger partial charge on any atom is 0.352 e. The molecule has 2 N–H and O–H groups in total. The van der Waals surface area contributed by atoms with Gasteiger partial charge in [0.05, 0.1) is 4.34 Å². The SMILES string of the molecule is Clc1cccs1.O=C(O)c1cc2ccccc2[nH]1. The van der Waals surface area contributed by atoms with Crippen molar-refractivity contribution < 1.29 is 9.90 Å². The molecule has 3 nitrogen and oxygen atoms in total. The lowest BCUT2D eigenvalue weighted by Crippen LogP contribution is -1.94. The summed E-state index contributed by atoms with van der Waals surface area (Å²) in [5, 5.41) is 11.5. The number of aromatic amines is 1. The molecule has 0 saturated heterocycles. The first-order chi connectivity index (χ1) is 8.66. The van der Waals surface area contributed by atoms with Gasteiger partial charge >= 0.3 is 5.97 Å². The second kappa shape index (κ2) is 5.71. The van der Waals surface area contributed by atoms with E-state index in [1.165, 1.54) is 0 Å². The van der Waals surface area contributed by atoms with Crippen LogP contribution in [0.25, 0.3) is 10.9 Å². The number of aromatic carboxylic acids is 1. The zero-order valence-corrected chi connectivity index (χ0v) is 10.8. The Morgan fingerprint density at radius 1 is 1.22 bits per heavy atom. The fraction of sp³-hybridized carbons (Fsp3) is 0. The minimum Gasteiger partial charge on any atom is -0.477 e. The molecule has 0 bridgehead atoms. The topological polar surface area (TPSA) is 53.1 Å². The predicted octanol–water partition coefficient (Wildman–Crippen LogP) is 4.27. The van der Waals surface area contributed by atoms with E-state index in [4.69, 9.17) is 16.7 Å². The maximum atomic E-state index is 10.5. The first-order valence-electron chi connectivity index (χ1n) is 5.17. The fourth-order valence-electron chi connectivity index (χ4n) is 1.45. The number of hydrogen-bond acceptors (Lipinski definition) is 2. The second-order valence-corrected chi connectivity index (χ2v) is 5.07. The third-order valence-corrected chi connectivity index (χ3v) is 3.29. The van der Waals surface area contributed by atoms with E-state index in [0.717, 1.165) is 15.2 Å². The monoisotopic (exact) mass is 279 g/mol. The number of carboxylic acid groups (broad SMARTS) is 1. The molecule has 0 aliphatic heterocycles. The van der Waals surface area contributed by atoms with Crippen LogP contribution in [0.1, 0.15) is 10.5 Å². The number of carbonyl (C=O) groups is 1. The van der Waals surface area contributed by atoms with Crippen LogP contribution in [0.3, 0.4) is 0 Å². The molecule has 0 saturated carbocycles. The molecule has 92 valence electrons. The van der Waals surface area contributed by atoms with Gasteiger partial charge in [-0.3, -0.25) is 0 Å². The van der Waals surface area contributed by atoms with Crippen LogP contribution >= 0.6 is 22.9 Å². The summed E-state index contributed by atoms with van der Waals surface area (Å²) >= 11 is 7.02. The predicted molar refractivity (Wildman–Crippen MR) is 74.6 cm³/mol. The number of benzene rings is 1. The average Bonchev–Trinajstić information content (AvgIpc) is 2.97. The summed E-state index contributed by atoms with van der Waals surface area (Å²) in [5.41, 5.74) is 1.09. The molecule has 0 spiro atoms. The number of hydrogen-bond donors (Lipinski definition) is 2. The molecule has 0 aliphatic carbocycles. The largest absolute Gasteiger partial charge is 0.477 e. The van der Waals surface area contributed by atoms with E-state index in [0.29, 0.717) is 0 Å². The van der Waals surface area contributed by atoms with Gasteiger partial charge in [0, 0.05) is 10.9 Å². The number of rotatable bonds is 1. The van der Waals surface area contributed by atoms with E-state index in [9.17, 15) is 4.79 Å². The van der Waals surface area contributed by atoms with Gasteiger partial charge in [-0.25, -0.2) is 4.79 Å². The molecule has 1 aromatic carbocycles. The van der Waals surface area contributed by atoms with Crippen molar-refractivity contribution in [3.05, 3.63) is 57.9 Å². The van der Waals surface area contributed by atoms with Crippen molar-refractivity contribution in [2.75, 3.05) is 0 Å². The third kappa shape index (κ3) is 3.12. The molecule has 5 heteroatoms. The number of fused-ring (bicyclic) bond motifs is 1. The zero-order chi connectivity index (χ0) is 13.0. The van der Waals surface area contributed by atoms with Gasteiger partial charge in [0.15, 0.2) is 0 Å². The van der Waals surface area contributed by atoms with E-state index < -0.39 is 5.97 Å². The highest BCUT2D eigenvalue weighted by molar-refractivity contribution is 7.14. The summed E-state index contributed by atoms with van der Waals surface area (Å²) < 4.78 is 0.856.